The Hall–Kier alpha value is -0.855. The molecule has 1 heterocycles. The van der Waals surface area contributed by atoms with Crippen LogP contribution in [0.25, 0.3) is 0 Å². The maximum absolute atomic E-state index is 12.1. The molecule has 0 spiro atoms. The van der Waals surface area contributed by atoms with Crippen LogP contribution in [0.15, 0.2) is 18.5 Å². The summed E-state index contributed by atoms with van der Waals surface area (Å²) in [6.45, 7) is 0. The van der Waals surface area contributed by atoms with E-state index in [9.17, 15) is 4.39 Å². The molecule has 0 N–H and O–H groups in total. The van der Waals surface area contributed by atoms with E-state index < -0.39 is 0 Å². The average Bonchev–Trinajstić information content (AvgIpc) is 1.64. The van der Waals surface area contributed by atoms with Gasteiger partial charge in [-0.05, 0) is 6.07 Å². The second-order valence-electron chi connectivity index (χ2n) is 1.68. The van der Waals surface area contributed by atoms with Crippen molar-refractivity contribution in [3.05, 3.63) is 24.3 Å². The molecule has 0 radical (unpaired) electrons. The lowest BCUT2D eigenvalue weighted by Gasteiger charge is -1.86. The van der Waals surface area contributed by atoms with Crippen molar-refractivity contribution in [2.24, 2.45) is 0 Å². The van der Waals surface area contributed by atoms with E-state index in [0.29, 0.717) is 0 Å². The summed E-state index contributed by atoms with van der Waals surface area (Å²) < 4.78 is 12.1. The molecule has 40 valence electrons. The molecule has 8 heavy (non-hydrogen) atoms. The lowest BCUT2D eigenvalue weighted by Crippen LogP contribution is -2.02. The molecule has 0 bridgehead atoms. The highest BCUT2D eigenvalue weighted by Gasteiger charge is 1.86. The van der Waals surface area contributed by atoms with Gasteiger partial charge in [0.15, 0.2) is 0 Å². The molecule has 3 heteroatoms. The largest absolute Gasteiger partial charge is 0.262 e. The van der Waals surface area contributed by atoms with Gasteiger partial charge < -0.3 is 0 Å². The SMILES string of the molecule is Bc1cncc(F)c1. The normalized spacial score (nSPS) is 9.12. The molecule has 0 atom stereocenters. The number of nitrogens with zero attached hydrogens (tertiary/aromatic N) is 1. The van der Waals surface area contributed by atoms with Crippen molar-refractivity contribution >= 4 is 13.3 Å². The van der Waals surface area contributed by atoms with Crippen LogP contribution in [0.5, 0.6) is 0 Å². The van der Waals surface area contributed by atoms with E-state index in [1.54, 1.807) is 14.0 Å². The first kappa shape index (κ1) is 5.28. The number of aromatic nitrogens is 1. The Balaban J connectivity index is 3.08. The summed E-state index contributed by atoms with van der Waals surface area (Å²) in [5.41, 5.74) is 0.852. The molecular weight excluding hydrogens is 104 g/mol. The van der Waals surface area contributed by atoms with Crippen LogP contribution < -0.4 is 5.46 Å². The van der Waals surface area contributed by atoms with Crippen LogP contribution in [0.2, 0.25) is 0 Å². The third-order valence-electron chi connectivity index (χ3n) is 0.842. The molecule has 0 aromatic carbocycles. The Labute approximate surface area is 48.0 Å². The van der Waals surface area contributed by atoms with Crippen molar-refractivity contribution < 1.29 is 4.39 Å². The third kappa shape index (κ3) is 1.06. The molecule has 0 saturated heterocycles. The molecule has 0 fully saturated rings. The molecule has 1 aromatic heterocycles. The van der Waals surface area contributed by atoms with Gasteiger partial charge in [-0.1, -0.05) is 5.46 Å². The zero-order valence-corrected chi connectivity index (χ0v) is 4.56. The lowest BCUT2D eigenvalue weighted by molar-refractivity contribution is 0.623. The molecule has 0 unspecified atom stereocenters. The second-order valence-corrected chi connectivity index (χ2v) is 1.68. The molecule has 0 aliphatic rings. The quantitative estimate of drug-likeness (QED) is 0.408. The third-order valence-corrected chi connectivity index (χ3v) is 0.842. The summed E-state index contributed by atoms with van der Waals surface area (Å²) in [6, 6.07) is 1.44. The highest BCUT2D eigenvalue weighted by molar-refractivity contribution is 6.31. The van der Waals surface area contributed by atoms with E-state index in [-0.39, 0.29) is 5.82 Å². The van der Waals surface area contributed by atoms with Gasteiger partial charge in [0, 0.05) is 6.20 Å². The van der Waals surface area contributed by atoms with Crippen molar-refractivity contribution in [2.45, 2.75) is 0 Å². The van der Waals surface area contributed by atoms with Crippen molar-refractivity contribution in [3.63, 3.8) is 0 Å². The summed E-state index contributed by atoms with van der Waals surface area (Å²) in [7, 11) is 1.80. The van der Waals surface area contributed by atoms with Gasteiger partial charge in [-0.2, -0.15) is 0 Å². The molecular formula is C5H5BFN. The highest BCUT2D eigenvalue weighted by Crippen LogP contribution is 1.85. The van der Waals surface area contributed by atoms with Gasteiger partial charge in [0.05, 0.1) is 6.20 Å². The van der Waals surface area contributed by atoms with Crippen LogP contribution in [-0.4, -0.2) is 12.8 Å². The minimum atomic E-state index is -0.273. The van der Waals surface area contributed by atoms with Crippen LogP contribution in [0, 0.1) is 5.82 Å². The van der Waals surface area contributed by atoms with E-state index in [1.807, 2.05) is 0 Å². The zero-order chi connectivity index (χ0) is 5.98. The molecule has 0 aliphatic carbocycles. The monoisotopic (exact) mass is 109 g/mol. The van der Waals surface area contributed by atoms with Crippen LogP contribution in [0.3, 0.4) is 0 Å². The van der Waals surface area contributed by atoms with E-state index in [1.165, 1.54) is 12.3 Å². The van der Waals surface area contributed by atoms with E-state index in [2.05, 4.69) is 4.98 Å². The van der Waals surface area contributed by atoms with Crippen LogP contribution in [0.4, 0.5) is 4.39 Å². The van der Waals surface area contributed by atoms with Crippen molar-refractivity contribution in [1.29, 1.82) is 0 Å². The Morgan fingerprint density at radius 3 is 2.62 bits per heavy atom. The summed E-state index contributed by atoms with van der Waals surface area (Å²) in [5, 5.41) is 0. The Kier molecular flexibility index (Phi) is 1.28. The molecule has 1 rings (SSSR count). The standard InChI is InChI=1S/C5H5BFN/c6-4-1-5(7)3-8-2-4/h1-3H,6H2. The Morgan fingerprint density at radius 2 is 2.25 bits per heavy atom. The first-order valence-electron chi connectivity index (χ1n) is 2.36. The number of hydrogen-bond acceptors (Lipinski definition) is 1. The predicted molar refractivity (Wildman–Crippen MR) is 32.4 cm³/mol. The first-order chi connectivity index (χ1) is 3.79. The first-order valence-corrected chi connectivity index (χ1v) is 2.36. The number of pyridine rings is 1. The van der Waals surface area contributed by atoms with Crippen molar-refractivity contribution in [1.82, 2.24) is 4.98 Å². The predicted octanol–water partition coefficient (Wildman–Crippen LogP) is -0.521. The fraction of sp³-hybridized carbons (Fsp3) is 0. The van der Waals surface area contributed by atoms with E-state index in [4.69, 9.17) is 0 Å². The van der Waals surface area contributed by atoms with Crippen LogP contribution >= 0.6 is 0 Å². The minimum absolute atomic E-state index is 0.273. The summed E-state index contributed by atoms with van der Waals surface area (Å²) in [4.78, 5) is 3.61. The smallest absolute Gasteiger partial charge is 0.141 e. The highest BCUT2D eigenvalue weighted by atomic mass is 19.1. The summed E-state index contributed by atoms with van der Waals surface area (Å²) in [5.74, 6) is -0.273. The fourth-order valence-electron chi connectivity index (χ4n) is 0.518. The van der Waals surface area contributed by atoms with Crippen molar-refractivity contribution in [2.75, 3.05) is 0 Å². The summed E-state index contributed by atoms with van der Waals surface area (Å²) in [6.07, 6.45) is 2.80. The molecule has 1 nitrogen and oxygen atoms in total. The fourth-order valence-corrected chi connectivity index (χ4v) is 0.518. The molecule has 0 amide bonds. The lowest BCUT2D eigenvalue weighted by atomic mass is 9.99. The Bertz CT molecular complexity index is 172. The van der Waals surface area contributed by atoms with E-state index in [0.717, 1.165) is 5.46 Å². The number of halogens is 1. The minimum Gasteiger partial charge on any atom is -0.262 e. The number of hydrogen-bond donors (Lipinski definition) is 0. The van der Waals surface area contributed by atoms with Crippen molar-refractivity contribution in [3.8, 4) is 0 Å². The molecule has 1 aromatic rings. The average molecular weight is 109 g/mol. The molecule has 0 saturated carbocycles. The van der Waals surface area contributed by atoms with Crippen LogP contribution in [-0.2, 0) is 0 Å². The van der Waals surface area contributed by atoms with Gasteiger partial charge in [0.25, 0.3) is 0 Å². The Morgan fingerprint density at radius 1 is 1.50 bits per heavy atom. The van der Waals surface area contributed by atoms with Gasteiger partial charge in [0.2, 0.25) is 0 Å². The van der Waals surface area contributed by atoms with Gasteiger partial charge in [-0.3, -0.25) is 4.98 Å². The van der Waals surface area contributed by atoms with Gasteiger partial charge in [-0.15, -0.1) is 0 Å². The van der Waals surface area contributed by atoms with E-state index >= 15 is 0 Å². The second kappa shape index (κ2) is 1.94. The van der Waals surface area contributed by atoms with Crippen LogP contribution in [0.1, 0.15) is 0 Å². The zero-order valence-electron chi connectivity index (χ0n) is 4.56. The van der Waals surface area contributed by atoms with Gasteiger partial charge in [-0.25, -0.2) is 4.39 Å². The topological polar surface area (TPSA) is 12.9 Å². The van der Waals surface area contributed by atoms with Gasteiger partial charge >= 0.3 is 0 Å². The number of rotatable bonds is 0. The molecule has 0 aliphatic heterocycles. The summed E-state index contributed by atoms with van der Waals surface area (Å²) >= 11 is 0. The maximum Gasteiger partial charge on any atom is 0.141 e. The maximum atomic E-state index is 12.1. The van der Waals surface area contributed by atoms with Gasteiger partial charge in [0.1, 0.15) is 13.7 Å².